The van der Waals surface area contributed by atoms with E-state index < -0.39 is 0 Å². The summed E-state index contributed by atoms with van der Waals surface area (Å²) in [5.74, 6) is -0.174. The number of nitrogens with two attached hydrogens (primary N) is 1. The first-order chi connectivity index (χ1) is 9.99. The van der Waals surface area contributed by atoms with E-state index in [-0.39, 0.29) is 5.91 Å². The van der Waals surface area contributed by atoms with E-state index in [1.165, 1.54) is 0 Å². The van der Waals surface area contributed by atoms with Crippen LogP contribution in [0.3, 0.4) is 0 Å². The third kappa shape index (κ3) is 3.67. The van der Waals surface area contributed by atoms with Crippen LogP contribution in [0.1, 0.15) is 15.9 Å². The Labute approximate surface area is 129 Å². The maximum Gasteiger partial charge on any atom is 0.251 e. The van der Waals surface area contributed by atoms with Crippen LogP contribution in [-0.2, 0) is 6.54 Å². The van der Waals surface area contributed by atoms with Crippen molar-refractivity contribution in [2.24, 2.45) is 0 Å². The predicted molar refractivity (Wildman–Crippen MR) is 87.8 cm³/mol. The average Bonchev–Trinajstić information content (AvgIpc) is 2.45. The molecule has 1 amide bonds. The highest BCUT2D eigenvalue weighted by atomic mass is 35.5. The number of nitrogens with one attached hydrogen (secondary N) is 1. The number of carbonyl (C=O) groups is 1. The number of anilines is 2. The molecule has 0 bridgehead atoms. The summed E-state index contributed by atoms with van der Waals surface area (Å²) < 4.78 is 0. The molecule has 0 saturated heterocycles. The number of hydrogen-bond donors (Lipinski definition) is 2. The van der Waals surface area contributed by atoms with Crippen LogP contribution < -0.4 is 16.0 Å². The summed E-state index contributed by atoms with van der Waals surface area (Å²) >= 11 is 6.06. The number of nitrogen functional groups attached to an aromatic ring is 1. The van der Waals surface area contributed by atoms with Gasteiger partial charge in [-0.05, 0) is 29.8 Å². The Morgan fingerprint density at radius 2 is 1.95 bits per heavy atom. The molecule has 0 spiro atoms. The van der Waals surface area contributed by atoms with Crippen LogP contribution in [0.15, 0.2) is 42.5 Å². The van der Waals surface area contributed by atoms with Crippen molar-refractivity contribution >= 4 is 28.9 Å². The van der Waals surface area contributed by atoms with Gasteiger partial charge in [0.25, 0.3) is 5.91 Å². The number of nitrogens with zero attached hydrogens (tertiary/aromatic N) is 1. The molecule has 0 fully saturated rings. The van der Waals surface area contributed by atoms with Crippen LogP contribution in [0.25, 0.3) is 0 Å². The SMILES string of the molecule is CN(C)c1ccc(C(=O)NCc2ccccc2Cl)cc1N. The minimum Gasteiger partial charge on any atom is -0.397 e. The topological polar surface area (TPSA) is 58.4 Å². The van der Waals surface area contributed by atoms with Crippen LogP contribution >= 0.6 is 11.6 Å². The quantitative estimate of drug-likeness (QED) is 0.854. The van der Waals surface area contributed by atoms with Crippen molar-refractivity contribution in [3.8, 4) is 0 Å². The molecule has 0 aromatic heterocycles. The molecule has 5 heteroatoms. The molecule has 2 aromatic carbocycles. The lowest BCUT2D eigenvalue weighted by molar-refractivity contribution is 0.0951. The monoisotopic (exact) mass is 303 g/mol. The van der Waals surface area contributed by atoms with Gasteiger partial charge in [-0.1, -0.05) is 29.8 Å². The Morgan fingerprint density at radius 1 is 1.24 bits per heavy atom. The lowest BCUT2D eigenvalue weighted by Crippen LogP contribution is -2.23. The molecule has 0 saturated carbocycles. The molecule has 2 rings (SSSR count). The zero-order valence-corrected chi connectivity index (χ0v) is 12.8. The van der Waals surface area contributed by atoms with Crippen molar-refractivity contribution < 1.29 is 4.79 Å². The van der Waals surface area contributed by atoms with Crippen LogP contribution in [0.4, 0.5) is 11.4 Å². The number of rotatable bonds is 4. The summed E-state index contributed by atoms with van der Waals surface area (Å²) in [5, 5.41) is 3.48. The Bertz CT molecular complexity index is 656. The largest absolute Gasteiger partial charge is 0.397 e. The molecule has 0 atom stereocenters. The molecule has 0 aliphatic rings. The van der Waals surface area contributed by atoms with Gasteiger partial charge in [-0.2, -0.15) is 0 Å². The Kier molecular flexibility index (Phi) is 4.70. The van der Waals surface area contributed by atoms with Gasteiger partial charge in [-0.25, -0.2) is 0 Å². The number of halogens is 1. The van der Waals surface area contributed by atoms with Crippen LogP contribution in [0.5, 0.6) is 0 Å². The van der Waals surface area contributed by atoms with E-state index in [1.54, 1.807) is 18.2 Å². The standard InChI is InChI=1S/C16H18ClN3O/c1-20(2)15-8-7-11(9-14(15)18)16(21)19-10-12-5-3-4-6-13(12)17/h3-9H,10,18H2,1-2H3,(H,19,21). The zero-order chi connectivity index (χ0) is 15.4. The molecule has 0 heterocycles. The molecular formula is C16H18ClN3O. The second-order valence-corrected chi connectivity index (χ2v) is 5.35. The van der Waals surface area contributed by atoms with E-state index in [1.807, 2.05) is 43.3 Å². The van der Waals surface area contributed by atoms with Gasteiger partial charge in [0.05, 0.1) is 11.4 Å². The van der Waals surface area contributed by atoms with Gasteiger partial charge in [-0.3, -0.25) is 4.79 Å². The van der Waals surface area contributed by atoms with Crippen molar-refractivity contribution in [2.75, 3.05) is 24.7 Å². The highest BCUT2D eigenvalue weighted by molar-refractivity contribution is 6.31. The molecule has 0 aliphatic heterocycles. The van der Waals surface area contributed by atoms with Crippen molar-refractivity contribution in [1.29, 1.82) is 0 Å². The predicted octanol–water partition coefficient (Wildman–Crippen LogP) is 2.92. The summed E-state index contributed by atoms with van der Waals surface area (Å²) in [6, 6.07) is 12.7. The van der Waals surface area contributed by atoms with Crippen LogP contribution in [0.2, 0.25) is 5.02 Å². The fraction of sp³-hybridized carbons (Fsp3) is 0.188. The summed E-state index contributed by atoms with van der Waals surface area (Å²) in [7, 11) is 3.81. The number of amides is 1. The van der Waals surface area contributed by atoms with E-state index >= 15 is 0 Å². The van der Waals surface area contributed by atoms with Gasteiger partial charge in [0.1, 0.15) is 0 Å². The summed E-state index contributed by atoms with van der Waals surface area (Å²) in [6.07, 6.45) is 0. The minimum absolute atomic E-state index is 0.174. The molecule has 3 N–H and O–H groups in total. The highest BCUT2D eigenvalue weighted by Gasteiger charge is 2.09. The van der Waals surface area contributed by atoms with Gasteiger partial charge in [-0.15, -0.1) is 0 Å². The molecule has 4 nitrogen and oxygen atoms in total. The number of carbonyl (C=O) groups excluding carboxylic acids is 1. The Hall–Kier alpha value is -2.20. The molecule has 21 heavy (non-hydrogen) atoms. The van der Waals surface area contributed by atoms with Gasteiger partial charge < -0.3 is 16.0 Å². The van der Waals surface area contributed by atoms with Crippen molar-refractivity contribution in [1.82, 2.24) is 5.32 Å². The zero-order valence-electron chi connectivity index (χ0n) is 12.1. The van der Waals surface area contributed by atoms with E-state index in [0.29, 0.717) is 22.8 Å². The molecule has 2 aromatic rings. The lowest BCUT2D eigenvalue weighted by atomic mass is 10.1. The maximum atomic E-state index is 12.1. The Morgan fingerprint density at radius 3 is 2.57 bits per heavy atom. The van der Waals surface area contributed by atoms with E-state index in [2.05, 4.69) is 5.32 Å². The fourth-order valence-electron chi connectivity index (χ4n) is 2.02. The average molecular weight is 304 g/mol. The number of benzene rings is 2. The normalized spacial score (nSPS) is 10.2. The van der Waals surface area contributed by atoms with E-state index in [9.17, 15) is 4.79 Å². The number of hydrogen-bond acceptors (Lipinski definition) is 3. The lowest BCUT2D eigenvalue weighted by Gasteiger charge is -2.16. The molecule has 0 aliphatic carbocycles. The van der Waals surface area contributed by atoms with Crippen LogP contribution in [-0.4, -0.2) is 20.0 Å². The first kappa shape index (κ1) is 15.2. The third-order valence-electron chi connectivity index (χ3n) is 3.17. The molecular weight excluding hydrogens is 286 g/mol. The summed E-state index contributed by atoms with van der Waals surface area (Å²) in [5.41, 5.74) is 8.82. The second-order valence-electron chi connectivity index (χ2n) is 4.94. The van der Waals surface area contributed by atoms with E-state index in [0.717, 1.165) is 11.3 Å². The third-order valence-corrected chi connectivity index (χ3v) is 3.54. The highest BCUT2D eigenvalue weighted by Crippen LogP contribution is 2.22. The molecule has 0 radical (unpaired) electrons. The molecule has 0 unspecified atom stereocenters. The summed E-state index contributed by atoms with van der Waals surface area (Å²) in [6.45, 7) is 0.383. The minimum atomic E-state index is -0.174. The van der Waals surface area contributed by atoms with E-state index in [4.69, 9.17) is 17.3 Å². The van der Waals surface area contributed by atoms with Crippen LogP contribution in [0, 0.1) is 0 Å². The summed E-state index contributed by atoms with van der Waals surface area (Å²) in [4.78, 5) is 14.0. The van der Waals surface area contributed by atoms with Gasteiger partial charge in [0, 0.05) is 31.2 Å². The van der Waals surface area contributed by atoms with Crippen molar-refractivity contribution in [3.05, 3.63) is 58.6 Å². The smallest absolute Gasteiger partial charge is 0.251 e. The van der Waals surface area contributed by atoms with Gasteiger partial charge in [0.15, 0.2) is 0 Å². The van der Waals surface area contributed by atoms with Crippen molar-refractivity contribution in [3.63, 3.8) is 0 Å². The first-order valence-electron chi connectivity index (χ1n) is 6.57. The first-order valence-corrected chi connectivity index (χ1v) is 6.95. The van der Waals surface area contributed by atoms with Gasteiger partial charge in [0.2, 0.25) is 0 Å². The van der Waals surface area contributed by atoms with Crippen molar-refractivity contribution in [2.45, 2.75) is 6.54 Å². The maximum absolute atomic E-state index is 12.1. The Balaban J connectivity index is 2.07. The van der Waals surface area contributed by atoms with Gasteiger partial charge >= 0.3 is 0 Å². The molecule has 110 valence electrons. The fourth-order valence-corrected chi connectivity index (χ4v) is 2.22. The second kappa shape index (κ2) is 6.50.